The highest BCUT2D eigenvalue weighted by Crippen LogP contribution is 2.41. The number of nitrogens with one attached hydrogen (secondary N) is 2. The second-order valence-corrected chi connectivity index (χ2v) is 21.5. The SMILES string of the molecule is C=CC(=O)Nc1cc(Nc2nc(-c3ccnc(N4CCn5c(cc6c5CC(C)(C)C6)C4=O)c3CO)cn(C)c2=O)ccc1N1CCN(C2CCN(c3ccc(Cl)c(C(C)(C)C)c3)[C@@H](C)C2)C[C@@H]1C. The number of aromatic nitrogens is 4. The monoisotopic (exact) mass is 940 g/mol. The Balaban J connectivity index is 0.922. The van der Waals surface area contributed by atoms with E-state index < -0.39 is 6.61 Å². The van der Waals surface area contributed by atoms with Crippen molar-refractivity contribution in [2.75, 3.05) is 58.1 Å². The van der Waals surface area contributed by atoms with Gasteiger partial charge in [0.15, 0.2) is 5.82 Å². The van der Waals surface area contributed by atoms with E-state index in [4.69, 9.17) is 16.6 Å². The topological polar surface area (TPSA) is 144 Å². The number of carbonyl (C=O) groups excluding carboxylic acids is 2. The third kappa shape index (κ3) is 8.94. The average Bonchev–Trinajstić information content (AvgIpc) is 3.79. The van der Waals surface area contributed by atoms with Crippen LogP contribution in [-0.2, 0) is 43.3 Å². The fourth-order valence-corrected chi connectivity index (χ4v) is 11.5. The summed E-state index contributed by atoms with van der Waals surface area (Å²) in [6.07, 6.45) is 8.46. The van der Waals surface area contributed by atoms with E-state index in [0.29, 0.717) is 64.9 Å². The first-order valence-corrected chi connectivity index (χ1v) is 24.3. The van der Waals surface area contributed by atoms with Crippen molar-refractivity contribution >= 4 is 57.8 Å². The van der Waals surface area contributed by atoms with Gasteiger partial charge in [0.05, 0.1) is 23.7 Å². The number of piperidine rings is 1. The molecule has 14 nitrogen and oxygen atoms in total. The standard InChI is InChI=1S/C53H65ClN10O4/c1-10-47(66)57-42-25-35(11-14-44(42)62-20-19-60(29-33(62)3)36-16-18-61(32(2)23-36)37-12-13-41(54)40(26-37)52(4,5)6)56-48-51(68)59(9)30-43(58-48)38-15-17-55-49(39(38)31-65)64-22-21-63-45(50(64)67)24-34-27-53(7,8)28-46(34)63/h10-15,17,24-26,30,32-33,36,65H,1,16,18-23,27-29,31H2,2-9H3,(H,56,58)(H,57,66)/t32-,33-,36?/m0/s1. The molecule has 9 rings (SSSR count). The number of fused-ring (bicyclic) bond motifs is 3. The van der Waals surface area contributed by atoms with Crippen LogP contribution in [0.25, 0.3) is 11.3 Å². The molecule has 1 aliphatic carbocycles. The van der Waals surface area contributed by atoms with Crippen LogP contribution < -0.4 is 30.9 Å². The van der Waals surface area contributed by atoms with Crippen LogP contribution in [0.4, 0.5) is 34.4 Å². The van der Waals surface area contributed by atoms with Crippen LogP contribution in [0.2, 0.25) is 5.02 Å². The normalized spacial score (nSPS) is 20.6. The predicted octanol–water partition coefficient (Wildman–Crippen LogP) is 8.31. The molecule has 0 bridgehead atoms. The van der Waals surface area contributed by atoms with Crippen molar-refractivity contribution in [2.24, 2.45) is 12.5 Å². The molecule has 68 heavy (non-hydrogen) atoms. The molecule has 358 valence electrons. The molecular formula is C53H65ClN10O4. The van der Waals surface area contributed by atoms with Gasteiger partial charge in [-0.15, -0.1) is 0 Å². The number of hydrogen-bond donors (Lipinski definition) is 3. The molecule has 2 aromatic carbocycles. The summed E-state index contributed by atoms with van der Waals surface area (Å²) in [6.45, 7) is 23.5. The molecule has 3 atom stereocenters. The summed E-state index contributed by atoms with van der Waals surface area (Å²) in [6, 6.07) is 16.9. The Labute approximate surface area is 404 Å². The van der Waals surface area contributed by atoms with Crippen molar-refractivity contribution in [1.82, 2.24) is 24.0 Å². The molecule has 2 amide bonds. The van der Waals surface area contributed by atoms with Crippen molar-refractivity contribution in [1.29, 1.82) is 0 Å². The fraction of sp³-hybridized carbons (Fsp3) is 0.453. The Hall–Kier alpha value is -5.96. The first kappa shape index (κ1) is 47.1. The maximum atomic E-state index is 14.1. The summed E-state index contributed by atoms with van der Waals surface area (Å²) in [5.74, 6) is -0.0859. The van der Waals surface area contributed by atoms with Gasteiger partial charge in [0.1, 0.15) is 11.5 Å². The largest absolute Gasteiger partial charge is 0.392 e. The molecule has 2 fully saturated rings. The van der Waals surface area contributed by atoms with E-state index in [2.05, 4.69) is 102 Å². The highest BCUT2D eigenvalue weighted by Gasteiger charge is 2.38. The van der Waals surface area contributed by atoms with Crippen molar-refractivity contribution < 1.29 is 14.7 Å². The zero-order valence-electron chi connectivity index (χ0n) is 40.7. The number of anilines is 6. The van der Waals surface area contributed by atoms with Gasteiger partial charge < -0.3 is 34.7 Å². The molecule has 4 aliphatic rings. The van der Waals surface area contributed by atoms with Crippen LogP contribution in [0, 0.1) is 5.41 Å². The zero-order valence-corrected chi connectivity index (χ0v) is 41.5. The number of aryl methyl sites for hydroxylation is 1. The molecule has 5 aromatic rings. The lowest BCUT2D eigenvalue weighted by Gasteiger charge is -2.48. The molecule has 3 aliphatic heterocycles. The number of halogens is 1. The summed E-state index contributed by atoms with van der Waals surface area (Å²) in [5, 5.41) is 17.9. The van der Waals surface area contributed by atoms with Gasteiger partial charge in [-0.3, -0.25) is 24.2 Å². The zero-order chi connectivity index (χ0) is 48.4. The van der Waals surface area contributed by atoms with Gasteiger partial charge in [0.2, 0.25) is 5.91 Å². The summed E-state index contributed by atoms with van der Waals surface area (Å²) in [7, 11) is 1.65. The Morgan fingerprint density at radius 1 is 0.985 bits per heavy atom. The molecule has 2 saturated heterocycles. The van der Waals surface area contributed by atoms with Crippen molar-refractivity contribution in [3.8, 4) is 11.3 Å². The Morgan fingerprint density at radius 3 is 2.50 bits per heavy atom. The Bertz CT molecular complexity index is 2860. The predicted molar refractivity (Wildman–Crippen MR) is 273 cm³/mol. The summed E-state index contributed by atoms with van der Waals surface area (Å²) >= 11 is 6.64. The van der Waals surface area contributed by atoms with Gasteiger partial charge in [-0.2, -0.15) is 0 Å². The fourth-order valence-electron chi connectivity index (χ4n) is 11.1. The summed E-state index contributed by atoms with van der Waals surface area (Å²) < 4.78 is 3.59. The van der Waals surface area contributed by atoms with Crippen molar-refractivity contribution in [3.63, 3.8) is 0 Å². The van der Waals surface area contributed by atoms with Gasteiger partial charge in [0, 0.05) is 110 Å². The van der Waals surface area contributed by atoms with Crippen LogP contribution in [0.15, 0.2) is 78.4 Å². The smallest absolute Gasteiger partial charge is 0.293 e. The van der Waals surface area contributed by atoms with Crippen LogP contribution in [0.5, 0.6) is 0 Å². The molecule has 15 heteroatoms. The first-order valence-electron chi connectivity index (χ1n) is 24.0. The number of carbonyl (C=O) groups is 2. The van der Waals surface area contributed by atoms with Gasteiger partial charge in [-0.1, -0.05) is 52.8 Å². The highest BCUT2D eigenvalue weighted by molar-refractivity contribution is 6.31. The number of benzene rings is 2. The van der Waals surface area contributed by atoms with E-state index in [9.17, 15) is 19.5 Å². The van der Waals surface area contributed by atoms with E-state index in [1.54, 1.807) is 30.4 Å². The second-order valence-electron chi connectivity index (χ2n) is 21.1. The number of amides is 2. The molecule has 0 spiro atoms. The summed E-state index contributed by atoms with van der Waals surface area (Å²) in [5.41, 5.74) is 8.66. The van der Waals surface area contributed by atoms with E-state index in [0.717, 1.165) is 62.6 Å². The van der Waals surface area contributed by atoms with Crippen molar-refractivity contribution in [3.05, 3.63) is 117 Å². The van der Waals surface area contributed by atoms with E-state index in [-0.39, 0.29) is 40.1 Å². The lowest BCUT2D eigenvalue weighted by Crippen LogP contribution is -2.58. The highest BCUT2D eigenvalue weighted by atomic mass is 35.5. The van der Waals surface area contributed by atoms with E-state index >= 15 is 0 Å². The molecule has 0 saturated carbocycles. The van der Waals surface area contributed by atoms with Crippen LogP contribution in [0.1, 0.15) is 94.2 Å². The molecule has 1 unspecified atom stereocenters. The second kappa shape index (κ2) is 18.2. The minimum atomic E-state index is -0.400. The summed E-state index contributed by atoms with van der Waals surface area (Å²) in [4.78, 5) is 59.2. The minimum absolute atomic E-state index is 0.0401. The number of piperazine rings is 1. The Morgan fingerprint density at radius 2 is 1.78 bits per heavy atom. The molecular weight excluding hydrogens is 876 g/mol. The number of aliphatic hydroxyl groups excluding tert-OH is 1. The number of pyridine rings is 1. The maximum Gasteiger partial charge on any atom is 0.293 e. The third-order valence-electron chi connectivity index (χ3n) is 14.5. The number of rotatable bonds is 10. The van der Waals surface area contributed by atoms with E-state index in [1.165, 1.54) is 33.2 Å². The number of hydrogen-bond acceptors (Lipinski definition) is 10. The number of aliphatic hydroxyl groups is 1. The van der Waals surface area contributed by atoms with Gasteiger partial charge in [-0.05, 0) is 116 Å². The Kier molecular flexibility index (Phi) is 12.6. The first-order chi connectivity index (χ1) is 32.3. The lowest BCUT2D eigenvalue weighted by atomic mass is 9.86. The lowest BCUT2D eigenvalue weighted by molar-refractivity contribution is -0.111. The van der Waals surface area contributed by atoms with Crippen molar-refractivity contribution in [2.45, 2.75) is 111 Å². The van der Waals surface area contributed by atoms with E-state index in [1.807, 2.05) is 30.3 Å². The molecule has 3 aromatic heterocycles. The maximum absolute atomic E-state index is 14.1. The van der Waals surface area contributed by atoms with Crippen LogP contribution >= 0.6 is 11.6 Å². The van der Waals surface area contributed by atoms with Gasteiger partial charge in [0.25, 0.3) is 11.5 Å². The van der Waals surface area contributed by atoms with Crippen LogP contribution in [0.3, 0.4) is 0 Å². The quantitative estimate of drug-likeness (QED) is 0.117. The molecule has 3 N–H and O–H groups in total. The average molecular weight is 942 g/mol. The molecule has 0 radical (unpaired) electrons. The van der Waals surface area contributed by atoms with Crippen LogP contribution in [-0.4, -0.2) is 91.8 Å². The van der Waals surface area contributed by atoms with Gasteiger partial charge in [-0.25, -0.2) is 9.97 Å². The third-order valence-corrected chi connectivity index (χ3v) is 14.9. The minimum Gasteiger partial charge on any atom is -0.392 e. The molecule has 6 heterocycles. The van der Waals surface area contributed by atoms with Gasteiger partial charge >= 0.3 is 0 Å². The number of nitrogens with zero attached hydrogens (tertiary/aromatic N) is 8.